The highest BCUT2D eigenvalue weighted by atomic mass is 16.5. The van der Waals surface area contributed by atoms with Crippen molar-refractivity contribution >= 4 is 12.3 Å². The van der Waals surface area contributed by atoms with E-state index >= 15 is 0 Å². The van der Waals surface area contributed by atoms with E-state index in [0.717, 1.165) is 0 Å². The third-order valence-electron chi connectivity index (χ3n) is 1.82. The fourth-order valence-corrected chi connectivity index (χ4v) is 0.949. The summed E-state index contributed by atoms with van der Waals surface area (Å²) >= 11 is 0. The first-order chi connectivity index (χ1) is 6.60. The van der Waals surface area contributed by atoms with Crippen molar-refractivity contribution in [1.29, 1.82) is 0 Å². The molecule has 5 heteroatoms. The molecular weight excluding hydrogens is 184 g/mol. The molecule has 1 aromatic heterocycles. The first kappa shape index (κ1) is 10.3. The van der Waals surface area contributed by atoms with Crippen molar-refractivity contribution in [3.8, 4) is 0 Å². The van der Waals surface area contributed by atoms with E-state index in [1.54, 1.807) is 13.8 Å². The first-order valence-electron chi connectivity index (χ1n) is 3.99. The maximum atomic E-state index is 11.2. The van der Waals surface area contributed by atoms with Gasteiger partial charge in [-0.15, -0.1) is 0 Å². The Morgan fingerprint density at radius 1 is 1.29 bits per heavy atom. The van der Waals surface area contributed by atoms with Gasteiger partial charge < -0.3 is 4.74 Å². The van der Waals surface area contributed by atoms with Gasteiger partial charge in [0.2, 0.25) is 0 Å². The molecular formula is C9H10N2O3. The molecule has 0 bridgehead atoms. The molecule has 0 aromatic carbocycles. The number of carbonyl (C=O) groups excluding carboxylic acids is 2. The quantitative estimate of drug-likeness (QED) is 0.511. The van der Waals surface area contributed by atoms with Crippen LogP contribution < -0.4 is 0 Å². The van der Waals surface area contributed by atoms with Gasteiger partial charge in [0.15, 0.2) is 12.0 Å². The van der Waals surface area contributed by atoms with Crippen LogP contribution in [0.25, 0.3) is 0 Å². The van der Waals surface area contributed by atoms with Crippen LogP contribution in [0.2, 0.25) is 0 Å². The monoisotopic (exact) mass is 194 g/mol. The third kappa shape index (κ3) is 1.76. The molecule has 0 unspecified atom stereocenters. The summed E-state index contributed by atoms with van der Waals surface area (Å²) < 4.78 is 4.47. The molecule has 0 atom stereocenters. The van der Waals surface area contributed by atoms with Gasteiger partial charge in [0.25, 0.3) is 0 Å². The van der Waals surface area contributed by atoms with Crippen molar-refractivity contribution in [2.75, 3.05) is 7.11 Å². The molecule has 0 aliphatic rings. The lowest BCUT2D eigenvalue weighted by Gasteiger charge is -2.04. The van der Waals surface area contributed by atoms with E-state index in [2.05, 4.69) is 14.7 Å². The maximum absolute atomic E-state index is 11.2. The summed E-state index contributed by atoms with van der Waals surface area (Å²) in [6, 6.07) is 0. The van der Waals surface area contributed by atoms with Gasteiger partial charge in [0.1, 0.15) is 5.69 Å². The van der Waals surface area contributed by atoms with Crippen LogP contribution in [0.1, 0.15) is 32.4 Å². The van der Waals surface area contributed by atoms with Gasteiger partial charge in [-0.3, -0.25) is 4.79 Å². The van der Waals surface area contributed by atoms with Gasteiger partial charge in [0.05, 0.1) is 18.5 Å². The Labute approximate surface area is 81.1 Å². The molecule has 74 valence electrons. The van der Waals surface area contributed by atoms with Crippen molar-refractivity contribution < 1.29 is 14.3 Å². The zero-order valence-electron chi connectivity index (χ0n) is 8.20. The van der Waals surface area contributed by atoms with Gasteiger partial charge in [-0.1, -0.05) is 0 Å². The van der Waals surface area contributed by atoms with Crippen molar-refractivity contribution in [2.45, 2.75) is 13.8 Å². The Balaban J connectivity index is 3.34. The van der Waals surface area contributed by atoms with Crippen molar-refractivity contribution in [3.05, 3.63) is 22.8 Å². The van der Waals surface area contributed by atoms with E-state index in [-0.39, 0.29) is 11.4 Å². The summed E-state index contributed by atoms with van der Waals surface area (Å²) in [6.45, 7) is 3.43. The Morgan fingerprint density at radius 2 is 1.86 bits per heavy atom. The highest BCUT2D eigenvalue weighted by molar-refractivity contribution is 5.95. The Morgan fingerprint density at radius 3 is 2.36 bits per heavy atom. The Bertz CT molecular complexity index is 388. The molecule has 0 aliphatic carbocycles. The van der Waals surface area contributed by atoms with E-state index in [9.17, 15) is 9.59 Å². The summed E-state index contributed by atoms with van der Waals surface area (Å²) in [5.74, 6) is -0.650. The normalized spacial score (nSPS) is 9.64. The van der Waals surface area contributed by atoms with Crippen LogP contribution in [0.3, 0.4) is 0 Å². The van der Waals surface area contributed by atoms with E-state index in [1.165, 1.54) is 7.11 Å². The Hall–Kier alpha value is -1.78. The number of aldehydes is 1. The summed E-state index contributed by atoms with van der Waals surface area (Å²) in [4.78, 5) is 29.6. The highest BCUT2D eigenvalue weighted by Gasteiger charge is 2.16. The molecule has 1 rings (SSSR count). The van der Waals surface area contributed by atoms with E-state index in [4.69, 9.17) is 0 Å². The molecule has 0 radical (unpaired) electrons. The number of nitrogens with zero attached hydrogens (tertiary/aromatic N) is 2. The minimum atomic E-state index is -0.650. The number of aromatic nitrogens is 2. The SMILES string of the molecule is COC(=O)c1nc(C)c(C)nc1C=O. The molecule has 0 aliphatic heterocycles. The molecule has 5 nitrogen and oxygen atoms in total. The van der Waals surface area contributed by atoms with Gasteiger partial charge >= 0.3 is 5.97 Å². The van der Waals surface area contributed by atoms with E-state index < -0.39 is 5.97 Å². The number of hydrogen-bond acceptors (Lipinski definition) is 5. The molecule has 0 amide bonds. The van der Waals surface area contributed by atoms with Crippen LogP contribution in [0.15, 0.2) is 0 Å². The zero-order chi connectivity index (χ0) is 10.7. The molecule has 0 fully saturated rings. The second-order valence-corrected chi connectivity index (χ2v) is 2.74. The molecule has 0 spiro atoms. The van der Waals surface area contributed by atoms with Crippen LogP contribution in [0.5, 0.6) is 0 Å². The molecule has 14 heavy (non-hydrogen) atoms. The molecule has 1 aromatic rings. The van der Waals surface area contributed by atoms with E-state index in [1.807, 2.05) is 0 Å². The van der Waals surface area contributed by atoms with Gasteiger partial charge in [-0.05, 0) is 13.8 Å². The van der Waals surface area contributed by atoms with Crippen LogP contribution in [-0.2, 0) is 4.74 Å². The second-order valence-electron chi connectivity index (χ2n) is 2.74. The molecule has 0 N–H and O–H groups in total. The average Bonchev–Trinajstić information content (AvgIpc) is 2.20. The summed E-state index contributed by atoms with van der Waals surface area (Å²) in [6.07, 6.45) is 0.492. The first-order valence-corrected chi connectivity index (χ1v) is 3.99. The van der Waals surface area contributed by atoms with Crippen molar-refractivity contribution in [1.82, 2.24) is 9.97 Å². The lowest BCUT2D eigenvalue weighted by atomic mass is 10.2. The van der Waals surface area contributed by atoms with E-state index in [0.29, 0.717) is 17.7 Å². The average molecular weight is 194 g/mol. The fourth-order valence-electron chi connectivity index (χ4n) is 0.949. The largest absolute Gasteiger partial charge is 0.464 e. The standard InChI is InChI=1S/C9H10N2O3/c1-5-6(2)11-8(9(13)14-3)7(4-12)10-5/h4H,1-3H3. The Kier molecular flexibility index (Phi) is 2.91. The van der Waals surface area contributed by atoms with Crippen LogP contribution in [0.4, 0.5) is 0 Å². The smallest absolute Gasteiger partial charge is 0.359 e. The summed E-state index contributed by atoms with van der Waals surface area (Å²) in [5.41, 5.74) is 1.21. The molecule has 1 heterocycles. The third-order valence-corrected chi connectivity index (χ3v) is 1.82. The van der Waals surface area contributed by atoms with Crippen LogP contribution in [0, 0.1) is 13.8 Å². The van der Waals surface area contributed by atoms with Crippen molar-refractivity contribution in [3.63, 3.8) is 0 Å². The number of ether oxygens (including phenoxy) is 1. The fraction of sp³-hybridized carbons (Fsp3) is 0.333. The summed E-state index contributed by atoms with van der Waals surface area (Å²) in [5, 5.41) is 0. The minimum Gasteiger partial charge on any atom is -0.464 e. The topological polar surface area (TPSA) is 69.2 Å². The number of aryl methyl sites for hydroxylation is 2. The number of carbonyl (C=O) groups is 2. The van der Waals surface area contributed by atoms with Gasteiger partial charge in [0, 0.05) is 0 Å². The highest BCUT2D eigenvalue weighted by Crippen LogP contribution is 2.07. The predicted octanol–water partition coefficient (Wildman–Crippen LogP) is 0.693. The second kappa shape index (κ2) is 3.95. The molecule has 0 saturated heterocycles. The van der Waals surface area contributed by atoms with Crippen LogP contribution in [-0.4, -0.2) is 29.3 Å². The van der Waals surface area contributed by atoms with Gasteiger partial charge in [-0.25, -0.2) is 14.8 Å². The van der Waals surface area contributed by atoms with Gasteiger partial charge in [-0.2, -0.15) is 0 Å². The number of esters is 1. The minimum absolute atomic E-state index is 0.0138. The zero-order valence-corrected chi connectivity index (χ0v) is 8.20. The number of rotatable bonds is 2. The lowest BCUT2D eigenvalue weighted by Crippen LogP contribution is -2.12. The van der Waals surface area contributed by atoms with Crippen molar-refractivity contribution in [2.24, 2.45) is 0 Å². The molecule has 0 saturated carbocycles. The van der Waals surface area contributed by atoms with Crippen LogP contribution >= 0.6 is 0 Å². The lowest BCUT2D eigenvalue weighted by molar-refractivity contribution is 0.0590. The predicted molar refractivity (Wildman–Crippen MR) is 48.2 cm³/mol. The number of hydrogen-bond donors (Lipinski definition) is 0. The summed E-state index contributed by atoms with van der Waals surface area (Å²) in [7, 11) is 1.23. The maximum Gasteiger partial charge on any atom is 0.359 e. The number of methoxy groups -OCH3 is 1.